The number of ether oxygens (including phenoxy) is 1. The lowest BCUT2D eigenvalue weighted by molar-refractivity contribution is -0.118. The Balaban J connectivity index is 1.61. The highest BCUT2D eigenvalue weighted by Crippen LogP contribution is 2.28. The quantitative estimate of drug-likeness (QED) is 0.887. The molecule has 126 valence electrons. The van der Waals surface area contributed by atoms with Crippen LogP contribution >= 0.6 is 0 Å². The van der Waals surface area contributed by atoms with Crippen LogP contribution in [0.4, 0.5) is 11.4 Å². The number of nitrogens with zero attached hydrogens (tertiary/aromatic N) is 1. The third-order valence-electron chi connectivity index (χ3n) is 4.10. The van der Waals surface area contributed by atoms with E-state index in [1.807, 2.05) is 54.6 Å². The largest absolute Gasteiger partial charge is 0.484 e. The molecule has 2 aromatic rings. The molecule has 0 unspecified atom stereocenters. The first kappa shape index (κ1) is 16.3. The number of anilines is 2. The summed E-state index contributed by atoms with van der Waals surface area (Å²) in [5.41, 5.74) is 1.76. The Morgan fingerprint density at radius 3 is 2.50 bits per heavy atom. The molecule has 5 nitrogen and oxygen atoms in total. The third kappa shape index (κ3) is 4.26. The van der Waals surface area contributed by atoms with Gasteiger partial charge in [0.1, 0.15) is 5.75 Å². The summed E-state index contributed by atoms with van der Waals surface area (Å²) in [6.07, 6.45) is 1.28. The first-order valence-electron chi connectivity index (χ1n) is 8.22. The third-order valence-corrected chi connectivity index (χ3v) is 4.10. The van der Waals surface area contributed by atoms with Crippen molar-refractivity contribution >= 4 is 17.3 Å². The van der Waals surface area contributed by atoms with E-state index in [1.54, 1.807) is 0 Å². The summed E-state index contributed by atoms with van der Waals surface area (Å²) in [7, 11) is 0. The van der Waals surface area contributed by atoms with Crippen molar-refractivity contribution in [2.75, 3.05) is 29.9 Å². The van der Waals surface area contributed by atoms with Crippen molar-refractivity contribution < 1.29 is 14.6 Å². The van der Waals surface area contributed by atoms with Crippen LogP contribution in [0, 0.1) is 0 Å². The Bertz CT molecular complexity index is 667. The Morgan fingerprint density at radius 2 is 1.75 bits per heavy atom. The normalized spacial score (nSPS) is 15.1. The SMILES string of the molecule is O=C(COc1ccccc1)Nc1ccccc1N1CCC(O)CC1. The number of carbonyl (C=O) groups is 1. The highest BCUT2D eigenvalue weighted by Gasteiger charge is 2.19. The molecule has 1 saturated heterocycles. The van der Waals surface area contributed by atoms with Gasteiger partial charge in [0.2, 0.25) is 0 Å². The number of piperidine rings is 1. The summed E-state index contributed by atoms with van der Waals surface area (Å²) < 4.78 is 5.48. The van der Waals surface area contributed by atoms with E-state index in [0.29, 0.717) is 5.75 Å². The molecule has 2 N–H and O–H groups in total. The number of hydrogen-bond donors (Lipinski definition) is 2. The molecular formula is C19H22N2O3. The molecule has 1 aliphatic heterocycles. The topological polar surface area (TPSA) is 61.8 Å². The lowest BCUT2D eigenvalue weighted by atomic mass is 10.1. The highest BCUT2D eigenvalue weighted by molar-refractivity contribution is 5.95. The predicted octanol–water partition coefficient (Wildman–Crippen LogP) is 2.67. The molecule has 0 radical (unpaired) electrons. The van der Waals surface area contributed by atoms with Gasteiger partial charge >= 0.3 is 0 Å². The molecule has 5 heteroatoms. The van der Waals surface area contributed by atoms with Gasteiger partial charge in [-0.2, -0.15) is 0 Å². The van der Waals surface area contributed by atoms with Crippen LogP contribution in [0.5, 0.6) is 5.75 Å². The lowest BCUT2D eigenvalue weighted by Gasteiger charge is -2.32. The second-order valence-electron chi connectivity index (χ2n) is 5.89. The molecule has 1 heterocycles. The molecular weight excluding hydrogens is 304 g/mol. The Morgan fingerprint density at radius 1 is 1.08 bits per heavy atom. The number of hydrogen-bond acceptors (Lipinski definition) is 4. The van der Waals surface area contributed by atoms with Gasteiger partial charge in [-0.05, 0) is 37.1 Å². The molecule has 0 bridgehead atoms. The van der Waals surface area contributed by atoms with Crippen LogP contribution in [0.25, 0.3) is 0 Å². The van der Waals surface area contributed by atoms with Crippen LogP contribution in [0.1, 0.15) is 12.8 Å². The van der Waals surface area contributed by atoms with Crippen LogP contribution in [0.3, 0.4) is 0 Å². The summed E-state index contributed by atoms with van der Waals surface area (Å²) in [6, 6.07) is 17.0. The van der Waals surface area contributed by atoms with Gasteiger partial charge in [0.05, 0.1) is 17.5 Å². The molecule has 1 fully saturated rings. The first-order chi connectivity index (χ1) is 11.7. The minimum atomic E-state index is -0.220. The van der Waals surface area contributed by atoms with Crippen molar-refractivity contribution in [1.29, 1.82) is 0 Å². The van der Waals surface area contributed by atoms with Gasteiger partial charge in [-0.15, -0.1) is 0 Å². The molecule has 0 spiro atoms. The fourth-order valence-electron chi connectivity index (χ4n) is 2.81. The number of benzene rings is 2. The Kier molecular flexibility index (Phi) is 5.33. The van der Waals surface area contributed by atoms with Gasteiger partial charge in [-0.3, -0.25) is 4.79 Å². The Hall–Kier alpha value is -2.53. The predicted molar refractivity (Wildman–Crippen MR) is 94.5 cm³/mol. The average Bonchev–Trinajstić information content (AvgIpc) is 2.62. The van der Waals surface area contributed by atoms with Crippen LogP contribution in [0.15, 0.2) is 54.6 Å². The van der Waals surface area contributed by atoms with Gasteiger partial charge < -0.3 is 20.1 Å². The maximum absolute atomic E-state index is 12.2. The molecule has 1 aliphatic rings. The van der Waals surface area contributed by atoms with Crippen LogP contribution < -0.4 is 15.0 Å². The fourth-order valence-corrected chi connectivity index (χ4v) is 2.81. The molecule has 0 atom stereocenters. The van der Waals surface area contributed by atoms with E-state index in [-0.39, 0.29) is 18.6 Å². The number of para-hydroxylation sites is 3. The van der Waals surface area contributed by atoms with E-state index in [9.17, 15) is 9.90 Å². The summed E-state index contributed by atoms with van der Waals surface area (Å²) in [5.74, 6) is 0.481. The number of carbonyl (C=O) groups excluding carboxylic acids is 1. The van der Waals surface area contributed by atoms with Gasteiger partial charge in [-0.1, -0.05) is 30.3 Å². The highest BCUT2D eigenvalue weighted by atomic mass is 16.5. The minimum absolute atomic E-state index is 0.0307. The second-order valence-corrected chi connectivity index (χ2v) is 5.89. The molecule has 0 saturated carbocycles. The molecule has 24 heavy (non-hydrogen) atoms. The van der Waals surface area contributed by atoms with Gasteiger partial charge in [-0.25, -0.2) is 0 Å². The number of amides is 1. The average molecular weight is 326 g/mol. The van der Waals surface area contributed by atoms with E-state index >= 15 is 0 Å². The zero-order valence-corrected chi connectivity index (χ0v) is 13.5. The van der Waals surface area contributed by atoms with Gasteiger partial charge in [0, 0.05) is 13.1 Å². The van der Waals surface area contributed by atoms with E-state index in [1.165, 1.54) is 0 Å². The van der Waals surface area contributed by atoms with Crippen molar-refractivity contribution in [3.05, 3.63) is 54.6 Å². The zero-order valence-electron chi connectivity index (χ0n) is 13.5. The van der Waals surface area contributed by atoms with Crippen molar-refractivity contribution in [3.63, 3.8) is 0 Å². The van der Waals surface area contributed by atoms with Crippen molar-refractivity contribution in [3.8, 4) is 5.75 Å². The monoisotopic (exact) mass is 326 g/mol. The molecule has 0 aromatic heterocycles. The molecule has 1 amide bonds. The smallest absolute Gasteiger partial charge is 0.262 e. The van der Waals surface area contributed by atoms with Crippen molar-refractivity contribution in [2.45, 2.75) is 18.9 Å². The van der Waals surface area contributed by atoms with E-state index < -0.39 is 0 Å². The maximum atomic E-state index is 12.2. The summed E-state index contributed by atoms with van der Waals surface area (Å²) in [6.45, 7) is 1.54. The number of nitrogens with one attached hydrogen (secondary N) is 1. The number of aliphatic hydroxyl groups is 1. The lowest BCUT2D eigenvalue weighted by Crippen LogP contribution is -2.36. The Labute approximate surface area is 141 Å². The summed E-state index contributed by atoms with van der Waals surface area (Å²) >= 11 is 0. The van der Waals surface area contributed by atoms with Gasteiger partial charge in [0.25, 0.3) is 5.91 Å². The van der Waals surface area contributed by atoms with Crippen molar-refractivity contribution in [1.82, 2.24) is 0 Å². The maximum Gasteiger partial charge on any atom is 0.262 e. The standard InChI is InChI=1S/C19H22N2O3/c22-15-10-12-21(13-11-15)18-9-5-4-8-17(18)20-19(23)14-24-16-6-2-1-3-7-16/h1-9,15,22H,10-14H2,(H,20,23). The summed E-state index contributed by atoms with van der Waals surface area (Å²) in [5, 5.41) is 12.6. The van der Waals surface area contributed by atoms with E-state index in [2.05, 4.69) is 10.2 Å². The molecule has 3 rings (SSSR count). The van der Waals surface area contributed by atoms with Crippen LogP contribution in [0.2, 0.25) is 0 Å². The van der Waals surface area contributed by atoms with Crippen LogP contribution in [-0.2, 0) is 4.79 Å². The molecule has 2 aromatic carbocycles. The van der Waals surface area contributed by atoms with Crippen LogP contribution in [-0.4, -0.2) is 36.8 Å². The first-order valence-corrected chi connectivity index (χ1v) is 8.22. The van der Waals surface area contributed by atoms with Gasteiger partial charge in [0.15, 0.2) is 6.61 Å². The zero-order chi connectivity index (χ0) is 16.8. The van der Waals surface area contributed by atoms with Crippen molar-refractivity contribution in [2.24, 2.45) is 0 Å². The van der Waals surface area contributed by atoms with E-state index in [0.717, 1.165) is 37.3 Å². The second kappa shape index (κ2) is 7.84. The minimum Gasteiger partial charge on any atom is -0.484 e. The fraction of sp³-hybridized carbons (Fsp3) is 0.316. The number of aliphatic hydroxyl groups excluding tert-OH is 1. The number of rotatable bonds is 5. The van der Waals surface area contributed by atoms with E-state index in [4.69, 9.17) is 4.74 Å². The molecule has 0 aliphatic carbocycles. The summed E-state index contributed by atoms with van der Waals surface area (Å²) in [4.78, 5) is 14.4.